The van der Waals surface area contributed by atoms with E-state index in [0.29, 0.717) is 33.9 Å². The van der Waals surface area contributed by atoms with Gasteiger partial charge in [0.15, 0.2) is 5.11 Å². The summed E-state index contributed by atoms with van der Waals surface area (Å²) in [5, 5.41) is 7.12. The minimum Gasteiger partial charge on any atom is -0.495 e. The molecule has 5 nitrogen and oxygen atoms in total. The van der Waals surface area contributed by atoms with Gasteiger partial charge in [-0.1, -0.05) is 11.6 Å². The maximum absolute atomic E-state index is 6.04. The summed E-state index contributed by atoms with van der Waals surface area (Å²) >= 11 is 11.3. The van der Waals surface area contributed by atoms with Crippen LogP contribution in [-0.4, -0.2) is 39.6 Å². The van der Waals surface area contributed by atoms with E-state index >= 15 is 0 Å². The van der Waals surface area contributed by atoms with Gasteiger partial charge in [-0.15, -0.1) is 0 Å². The van der Waals surface area contributed by atoms with Crippen LogP contribution in [-0.2, 0) is 4.74 Å². The second-order valence-electron chi connectivity index (χ2n) is 3.91. The highest BCUT2D eigenvalue weighted by Crippen LogP contribution is 2.35. The highest BCUT2D eigenvalue weighted by Gasteiger charge is 2.10. The third-order valence-electron chi connectivity index (χ3n) is 2.53. The zero-order valence-electron chi connectivity index (χ0n) is 11.8. The molecule has 7 heteroatoms. The number of hydrogen-bond donors (Lipinski definition) is 2. The van der Waals surface area contributed by atoms with Crippen LogP contribution in [0.25, 0.3) is 0 Å². The highest BCUT2D eigenvalue weighted by molar-refractivity contribution is 7.80. The molecule has 0 amide bonds. The van der Waals surface area contributed by atoms with E-state index in [0.717, 1.165) is 13.0 Å². The molecule has 0 aliphatic heterocycles. The van der Waals surface area contributed by atoms with E-state index in [1.807, 2.05) is 0 Å². The maximum atomic E-state index is 6.04. The minimum absolute atomic E-state index is 0.480. The summed E-state index contributed by atoms with van der Waals surface area (Å²) in [6.07, 6.45) is 0.874. The lowest BCUT2D eigenvalue weighted by Gasteiger charge is -2.15. The van der Waals surface area contributed by atoms with Gasteiger partial charge in [-0.2, -0.15) is 0 Å². The third kappa shape index (κ3) is 5.03. The largest absolute Gasteiger partial charge is 0.495 e. The van der Waals surface area contributed by atoms with E-state index in [1.54, 1.807) is 33.5 Å². The molecule has 0 fully saturated rings. The fourth-order valence-electron chi connectivity index (χ4n) is 1.54. The number of rotatable bonds is 7. The van der Waals surface area contributed by atoms with Crippen LogP contribution in [0.5, 0.6) is 11.5 Å². The summed E-state index contributed by atoms with van der Waals surface area (Å²) in [4.78, 5) is 0. The first-order valence-corrected chi connectivity index (χ1v) is 6.86. The Labute approximate surface area is 129 Å². The van der Waals surface area contributed by atoms with Crippen LogP contribution in [0.1, 0.15) is 6.42 Å². The summed E-state index contributed by atoms with van der Waals surface area (Å²) in [7, 11) is 4.79. The summed E-state index contributed by atoms with van der Waals surface area (Å²) in [6, 6.07) is 3.42. The van der Waals surface area contributed by atoms with Crippen LogP contribution >= 0.6 is 23.8 Å². The lowest BCUT2D eigenvalue weighted by atomic mass is 10.2. The Morgan fingerprint density at radius 2 is 1.90 bits per heavy atom. The zero-order chi connectivity index (χ0) is 15.0. The average Bonchev–Trinajstić information content (AvgIpc) is 2.45. The van der Waals surface area contributed by atoms with Crippen molar-refractivity contribution in [2.75, 3.05) is 39.8 Å². The highest BCUT2D eigenvalue weighted by atomic mass is 35.5. The van der Waals surface area contributed by atoms with Crippen LogP contribution < -0.4 is 20.1 Å². The van der Waals surface area contributed by atoms with Crippen LogP contribution in [0.15, 0.2) is 12.1 Å². The van der Waals surface area contributed by atoms with Gasteiger partial charge in [-0.05, 0) is 18.6 Å². The summed E-state index contributed by atoms with van der Waals surface area (Å²) in [5.41, 5.74) is 0.693. The van der Waals surface area contributed by atoms with Crippen molar-refractivity contribution in [3.8, 4) is 11.5 Å². The predicted octanol–water partition coefficient (Wildman–Crippen LogP) is 2.68. The number of thiocarbonyl (C=S) groups is 1. The molecule has 0 saturated heterocycles. The Morgan fingerprint density at radius 1 is 1.20 bits per heavy atom. The molecule has 112 valence electrons. The molecule has 0 atom stereocenters. The van der Waals surface area contributed by atoms with Gasteiger partial charge in [-0.3, -0.25) is 0 Å². The van der Waals surface area contributed by atoms with Crippen molar-refractivity contribution in [3.05, 3.63) is 17.2 Å². The molecule has 0 bridgehead atoms. The maximum Gasteiger partial charge on any atom is 0.170 e. The summed E-state index contributed by atoms with van der Waals surface area (Å²) in [6.45, 7) is 1.42. The fraction of sp³-hybridized carbons (Fsp3) is 0.462. The number of halogens is 1. The molecule has 0 radical (unpaired) electrons. The van der Waals surface area contributed by atoms with Crippen molar-refractivity contribution in [1.29, 1.82) is 0 Å². The number of hydrogen-bond acceptors (Lipinski definition) is 4. The third-order valence-corrected chi connectivity index (χ3v) is 3.07. The van der Waals surface area contributed by atoms with Crippen molar-refractivity contribution in [3.63, 3.8) is 0 Å². The SMILES string of the molecule is COCCCNC(=S)Nc1cc(OC)c(Cl)cc1OC. The molecule has 0 unspecified atom stereocenters. The van der Waals surface area contributed by atoms with Gasteiger partial charge in [0.25, 0.3) is 0 Å². The van der Waals surface area contributed by atoms with E-state index < -0.39 is 0 Å². The van der Waals surface area contributed by atoms with Crippen LogP contribution in [0.3, 0.4) is 0 Å². The molecular formula is C13H19ClN2O3S. The Kier molecular flexibility index (Phi) is 7.43. The number of benzene rings is 1. The van der Waals surface area contributed by atoms with Crippen molar-refractivity contribution in [2.24, 2.45) is 0 Å². The van der Waals surface area contributed by atoms with Gasteiger partial charge in [0.05, 0.1) is 24.9 Å². The molecule has 1 aromatic carbocycles. The Hall–Kier alpha value is -1.24. The molecule has 1 rings (SSSR count). The molecule has 0 aromatic heterocycles. The van der Waals surface area contributed by atoms with E-state index in [1.165, 1.54) is 0 Å². The smallest absolute Gasteiger partial charge is 0.170 e. The quantitative estimate of drug-likeness (QED) is 0.595. The Balaban J connectivity index is 2.68. The Morgan fingerprint density at radius 3 is 2.50 bits per heavy atom. The molecule has 0 spiro atoms. The van der Waals surface area contributed by atoms with Gasteiger partial charge in [0.1, 0.15) is 11.5 Å². The average molecular weight is 319 g/mol. The van der Waals surface area contributed by atoms with Crippen LogP contribution in [0, 0.1) is 0 Å². The minimum atomic E-state index is 0.480. The molecule has 0 saturated carbocycles. The van der Waals surface area contributed by atoms with Gasteiger partial charge in [-0.25, -0.2) is 0 Å². The number of anilines is 1. The van der Waals surface area contributed by atoms with Crippen molar-refractivity contribution < 1.29 is 14.2 Å². The first kappa shape index (κ1) is 16.8. The lowest BCUT2D eigenvalue weighted by molar-refractivity contribution is 0.196. The molecule has 1 aromatic rings. The van der Waals surface area contributed by atoms with E-state index in [-0.39, 0.29) is 0 Å². The first-order valence-electron chi connectivity index (χ1n) is 6.07. The first-order chi connectivity index (χ1) is 9.62. The molecule has 0 heterocycles. The predicted molar refractivity (Wildman–Crippen MR) is 85.3 cm³/mol. The van der Waals surface area contributed by atoms with E-state index in [9.17, 15) is 0 Å². The number of ether oxygens (including phenoxy) is 3. The molecule has 20 heavy (non-hydrogen) atoms. The van der Waals surface area contributed by atoms with Crippen molar-refractivity contribution in [2.45, 2.75) is 6.42 Å². The van der Waals surface area contributed by atoms with Gasteiger partial charge >= 0.3 is 0 Å². The topological polar surface area (TPSA) is 51.8 Å². The van der Waals surface area contributed by atoms with Gasteiger partial charge < -0.3 is 24.8 Å². The zero-order valence-corrected chi connectivity index (χ0v) is 13.4. The van der Waals surface area contributed by atoms with Crippen LogP contribution in [0.4, 0.5) is 5.69 Å². The van der Waals surface area contributed by atoms with Crippen molar-refractivity contribution in [1.82, 2.24) is 5.32 Å². The molecular weight excluding hydrogens is 300 g/mol. The van der Waals surface area contributed by atoms with Crippen molar-refractivity contribution >= 4 is 34.6 Å². The van der Waals surface area contributed by atoms with Gasteiger partial charge in [0, 0.05) is 32.4 Å². The van der Waals surface area contributed by atoms with E-state index in [4.69, 9.17) is 38.0 Å². The van der Waals surface area contributed by atoms with Crippen LogP contribution in [0.2, 0.25) is 5.02 Å². The summed E-state index contributed by atoms with van der Waals surface area (Å²) < 4.78 is 15.4. The summed E-state index contributed by atoms with van der Waals surface area (Å²) in [5.74, 6) is 1.15. The molecule has 0 aliphatic carbocycles. The van der Waals surface area contributed by atoms with Gasteiger partial charge in [0.2, 0.25) is 0 Å². The lowest BCUT2D eigenvalue weighted by Crippen LogP contribution is -2.29. The fourth-order valence-corrected chi connectivity index (χ4v) is 1.99. The monoisotopic (exact) mass is 318 g/mol. The second kappa shape index (κ2) is 8.84. The Bertz CT molecular complexity index is 457. The number of nitrogens with one attached hydrogen (secondary N) is 2. The molecule has 2 N–H and O–H groups in total. The molecule has 0 aliphatic rings. The standard InChI is InChI=1S/C13H19ClN2O3S/c1-17-6-4-5-15-13(20)16-10-8-11(18-2)9(14)7-12(10)19-3/h7-8H,4-6H2,1-3H3,(H2,15,16,20). The normalized spacial score (nSPS) is 10.0. The second-order valence-corrected chi connectivity index (χ2v) is 4.73. The number of methoxy groups -OCH3 is 3. The van der Waals surface area contributed by atoms with E-state index in [2.05, 4.69) is 10.6 Å².